The number of hydrogen-bond acceptors (Lipinski definition) is 3. The van der Waals surface area contributed by atoms with E-state index < -0.39 is 0 Å². The number of ether oxygens (including phenoxy) is 1. The maximum Gasteiger partial charge on any atom is 0.225 e. The number of carbonyl (C=O) groups is 1. The molecule has 17 heavy (non-hydrogen) atoms. The van der Waals surface area contributed by atoms with Gasteiger partial charge in [0.1, 0.15) is 0 Å². The summed E-state index contributed by atoms with van der Waals surface area (Å²) in [6, 6.07) is 0. The van der Waals surface area contributed by atoms with Crippen molar-refractivity contribution in [2.45, 2.75) is 38.4 Å². The van der Waals surface area contributed by atoms with Crippen LogP contribution in [0.5, 0.6) is 0 Å². The fourth-order valence-electron chi connectivity index (χ4n) is 2.97. The zero-order chi connectivity index (χ0) is 11.8. The van der Waals surface area contributed by atoms with Crippen LogP contribution < -0.4 is 5.32 Å². The molecule has 3 fully saturated rings. The molecule has 1 N–H and O–H groups in total. The highest BCUT2D eigenvalue weighted by atomic mass is 16.5. The molecule has 4 heteroatoms. The van der Waals surface area contributed by atoms with Crippen molar-refractivity contribution < 1.29 is 9.53 Å². The number of nitrogens with zero attached hydrogens (tertiary/aromatic N) is 1. The maximum atomic E-state index is 12.1. The van der Waals surface area contributed by atoms with Crippen LogP contribution in [-0.2, 0) is 9.53 Å². The van der Waals surface area contributed by atoms with Crippen molar-refractivity contribution in [2.24, 2.45) is 11.8 Å². The number of hydrogen-bond donors (Lipinski definition) is 1. The van der Waals surface area contributed by atoms with Crippen molar-refractivity contribution in [2.75, 3.05) is 26.2 Å². The van der Waals surface area contributed by atoms with Gasteiger partial charge in [-0.15, -0.1) is 0 Å². The topological polar surface area (TPSA) is 41.6 Å². The number of rotatable bonds is 4. The van der Waals surface area contributed by atoms with Crippen LogP contribution in [0.4, 0.5) is 0 Å². The van der Waals surface area contributed by atoms with Crippen LogP contribution in [0.1, 0.15) is 26.2 Å². The summed E-state index contributed by atoms with van der Waals surface area (Å²) in [6.07, 6.45) is 3.91. The van der Waals surface area contributed by atoms with Crippen molar-refractivity contribution >= 4 is 5.91 Å². The summed E-state index contributed by atoms with van der Waals surface area (Å²) in [5, 5.41) is 3.09. The Hall–Kier alpha value is -0.610. The molecule has 1 saturated carbocycles. The van der Waals surface area contributed by atoms with Crippen LogP contribution in [0.25, 0.3) is 0 Å². The van der Waals surface area contributed by atoms with E-state index in [0.29, 0.717) is 0 Å². The number of morpholine rings is 1. The van der Waals surface area contributed by atoms with E-state index in [1.54, 1.807) is 0 Å². The SMILES string of the molecule is CCN1C[C@H]2C[C@H](C(=O)NCC3CC3)[C@@H](C1)O2. The predicted octanol–water partition coefficient (Wildman–Crippen LogP) is 0.622. The Bertz CT molecular complexity index is 304. The quantitative estimate of drug-likeness (QED) is 0.781. The van der Waals surface area contributed by atoms with Gasteiger partial charge in [-0.2, -0.15) is 0 Å². The first-order chi connectivity index (χ1) is 8.26. The minimum Gasteiger partial charge on any atom is -0.371 e. The van der Waals surface area contributed by atoms with E-state index in [1.165, 1.54) is 12.8 Å². The second-order valence-corrected chi connectivity index (χ2v) is 5.68. The number of nitrogens with one attached hydrogen (secondary N) is 1. The van der Waals surface area contributed by atoms with Gasteiger partial charge in [-0.05, 0) is 31.7 Å². The van der Waals surface area contributed by atoms with Crippen molar-refractivity contribution in [3.8, 4) is 0 Å². The average molecular weight is 238 g/mol. The Kier molecular flexibility index (Phi) is 3.09. The van der Waals surface area contributed by atoms with Gasteiger partial charge in [-0.1, -0.05) is 6.92 Å². The molecule has 0 aromatic rings. The third kappa shape index (κ3) is 2.47. The summed E-state index contributed by atoms with van der Waals surface area (Å²) in [5.41, 5.74) is 0. The largest absolute Gasteiger partial charge is 0.371 e. The van der Waals surface area contributed by atoms with Gasteiger partial charge >= 0.3 is 0 Å². The molecule has 3 rings (SSSR count). The van der Waals surface area contributed by atoms with Gasteiger partial charge in [-0.3, -0.25) is 9.69 Å². The van der Waals surface area contributed by atoms with Gasteiger partial charge in [0.05, 0.1) is 18.1 Å². The fraction of sp³-hybridized carbons (Fsp3) is 0.923. The number of fused-ring (bicyclic) bond motifs is 2. The molecular weight excluding hydrogens is 216 g/mol. The van der Waals surface area contributed by atoms with E-state index in [4.69, 9.17) is 4.74 Å². The zero-order valence-corrected chi connectivity index (χ0v) is 10.5. The molecule has 2 aliphatic heterocycles. The van der Waals surface area contributed by atoms with Crippen LogP contribution in [0, 0.1) is 11.8 Å². The second kappa shape index (κ2) is 4.58. The van der Waals surface area contributed by atoms with Crippen LogP contribution in [0.15, 0.2) is 0 Å². The van der Waals surface area contributed by atoms with Crippen molar-refractivity contribution in [1.29, 1.82) is 0 Å². The predicted molar refractivity (Wildman–Crippen MR) is 64.6 cm³/mol. The third-order valence-corrected chi connectivity index (χ3v) is 4.28. The van der Waals surface area contributed by atoms with Crippen molar-refractivity contribution in [1.82, 2.24) is 10.2 Å². The van der Waals surface area contributed by atoms with E-state index in [-0.39, 0.29) is 24.0 Å². The summed E-state index contributed by atoms with van der Waals surface area (Å²) in [7, 11) is 0. The third-order valence-electron chi connectivity index (χ3n) is 4.28. The molecule has 2 heterocycles. The van der Waals surface area contributed by atoms with Crippen LogP contribution in [0.3, 0.4) is 0 Å². The van der Waals surface area contributed by atoms with Gasteiger partial charge in [0.15, 0.2) is 0 Å². The zero-order valence-electron chi connectivity index (χ0n) is 10.5. The van der Waals surface area contributed by atoms with Gasteiger partial charge < -0.3 is 10.1 Å². The average Bonchev–Trinajstić information content (AvgIpc) is 3.12. The normalized spacial score (nSPS) is 37.1. The Morgan fingerprint density at radius 3 is 2.94 bits per heavy atom. The Morgan fingerprint density at radius 1 is 1.41 bits per heavy atom. The van der Waals surface area contributed by atoms with Gasteiger partial charge in [0.25, 0.3) is 0 Å². The van der Waals surface area contributed by atoms with Crippen LogP contribution in [0.2, 0.25) is 0 Å². The molecular formula is C13H22N2O2. The Labute approximate surface area is 103 Å². The molecule has 0 radical (unpaired) electrons. The molecule has 3 aliphatic rings. The number of likely N-dealkylation sites (tertiary alicyclic amines) is 1. The highest BCUT2D eigenvalue weighted by molar-refractivity contribution is 5.79. The minimum atomic E-state index is 0.0929. The number of likely N-dealkylation sites (N-methyl/N-ethyl adjacent to an activating group) is 1. The first-order valence-electron chi connectivity index (χ1n) is 6.91. The van der Waals surface area contributed by atoms with E-state index in [1.807, 2.05) is 0 Å². The highest BCUT2D eigenvalue weighted by Gasteiger charge is 2.44. The number of amides is 1. The van der Waals surface area contributed by atoms with Gasteiger partial charge in [0, 0.05) is 19.6 Å². The molecule has 0 spiro atoms. The molecule has 3 atom stereocenters. The van der Waals surface area contributed by atoms with Crippen LogP contribution in [-0.4, -0.2) is 49.2 Å². The lowest BCUT2D eigenvalue weighted by Gasteiger charge is -2.31. The lowest BCUT2D eigenvalue weighted by atomic mass is 9.99. The molecule has 96 valence electrons. The minimum absolute atomic E-state index is 0.0929. The lowest BCUT2D eigenvalue weighted by molar-refractivity contribution is -0.128. The van der Waals surface area contributed by atoms with Gasteiger partial charge in [-0.25, -0.2) is 0 Å². The monoisotopic (exact) mass is 238 g/mol. The molecule has 1 aliphatic carbocycles. The van der Waals surface area contributed by atoms with Crippen molar-refractivity contribution in [3.05, 3.63) is 0 Å². The number of carbonyl (C=O) groups excluding carboxylic acids is 1. The Morgan fingerprint density at radius 2 is 2.24 bits per heavy atom. The smallest absolute Gasteiger partial charge is 0.225 e. The summed E-state index contributed by atoms with van der Waals surface area (Å²) in [6.45, 7) is 6.04. The first-order valence-corrected chi connectivity index (χ1v) is 6.91. The molecule has 0 unspecified atom stereocenters. The summed E-state index contributed by atoms with van der Waals surface area (Å²) < 4.78 is 5.88. The standard InChI is InChI=1S/C13H22N2O2/c1-2-15-7-10-5-11(12(8-15)17-10)13(16)14-6-9-3-4-9/h9-12H,2-8H2,1H3,(H,14,16)/t10-,11+,12-/m1/s1. The van der Waals surface area contributed by atoms with Crippen LogP contribution >= 0.6 is 0 Å². The maximum absolute atomic E-state index is 12.1. The molecule has 2 saturated heterocycles. The molecule has 4 nitrogen and oxygen atoms in total. The highest BCUT2D eigenvalue weighted by Crippen LogP contribution is 2.32. The summed E-state index contributed by atoms with van der Waals surface area (Å²) in [5.74, 6) is 1.07. The van der Waals surface area contributed by atoms with Crippen molar-refractivity contribution in [3.63, 3.8) is 0 Å². The first kappa shape index (κ1) is 11.5. The van der Waals surface area contributed by atoms with E-state index in [9.17, 15) is 4.79 Å². The Balaban J connectivity index is 1.54. The summed E-state index contributed by atoms with van der Waals surface area (Å²) in [4.78, 5) is 14.5. The van der Waals surface area contributed by atoms with E-state index >= 15 is 0 Å². The van der Waals surface area contributed by atoms with E-state index in [0.717, 1.165) is 38.5 Å². The van der Waals surface area contributed by atoms with E-state index in [2.05, 4.69) is 17.1 Å². The molecule has 1 amide bonds. The molecule has 2 bridgehead atoms. The second-order valence-electron chi connectivity index (χ2n) is 5.68. The summed E-state index contributed by atoms with van der Waals surface area (Å²) >= 11 is 0. The molecule has 0 aromatic carbocycles. The fourth-order valence-corrected chi connectivity index (χ4v) is 2.97. The van der Waals surface area contributed by atoms with Gasteiger partial charge in [0.2, 0.25) is 5.91 Å². The molecule has 0 aromatic heterocycles. The lowest BCUT2D eigenvalue weighted by Crippen LogP contribution is -2.45.